The van der Waals surface area contributed by atoms with E-state index in [2.05, 4.69) is 17.9 Å². The van der Waals surface area contributed by atoms with E-state index in [1.807, 2.05) is 6.92 Å². The summed E-state index contributed by atoms with van der Waals surface area (Å²) in [5.41, 5.74) is 0. The highest BCUT2D eigenvalue weighted by Crippen LogP contribution is 2.08. The van der Waals surface area contributed by atoms with Gasteiger partial charge >= 0.3 is 0 Å². The summed E-state index contributed by atoms with van der Waals surface area (Å²) in [6.07, 6.45) is -0.561. The van der Waals surface area contributed by atoms with Gasteiger partial charge in [0.25, 0.3) is 10.1 Å². The molecule has 0 amide bonds. The fourth-order valence-corrected chi connectivity index (χ4v) is 2.04. The monoisotopic (exact) mass is 287 g/mol. The number of hydrogen-bond donors (Lipinski definition) is 5. The van der Waals surface area contributed by atoms with Crippen LogP contribution in [0.4, 0.5) is 0 Å². The molecule has 0 spiro atoms. The Morgan fingerprint density at radius 1 is 1.41 bits per heavy atom. The number of rotatable bonds is 9. The molecule has 0 aromatic rings. The van der Waals surface area contributed by atoms with Crippen molar-refractivity contribution in [3.63, 3.8) is 0 Å². The predicted molar refractivity (Wildman–Crippen MR) is 68.7 cm³/mol. The lowest BCUT2D eigenvalue weighted by atomic mass is 10.0. The van der Waals surface area contributed by atoms with E-state index in [1.54, 1.807) is 0 Å². The lowest BCUT2D eigenvalue weighted by Crippen LogP contribution is -2.42. The van der Waals surface area contributed by atoms with Crippen molar-refractivity contribution in [2.45, 2.75) is 32.0 Å². The summed E-state index contributed by atoms with van der Waals surface area (Å²) in [7, 11) is -4.06. The second kappa shape index (κ2) is 8.28. The molecule has 3 atom stereocenters. The van der Waals surface area contributed by atoms with Crippen molar-refractivity contribution >= 4 is 22.7 Å². The molecule has 0 aromatic carbocycles. The molecule has 0 aliphatic heterocycles. The van der Waals surface area contributed by atoms with Crippen LogP contribution in [0, 0.1) is 5.92 Å². The highest BCUT2D eigenvalue weighted by Gasteiger charge is 2.16. The van der Waals surface area contributed by atoms with Gasteiger partial charge in [-0.2, -0.15) is 21.0 Å². The Kier molecular flexibility index (Phi) is 8.35. The molecular weight excluding hydrogens is 266 g/mol. The quantitative estimate of drug-likeness (QED) is 0.222. The van der Waals surface area contributed by atoms with Gasteiger partial charge in [-0.3, -0.25) is 9.87 Å². The van der Waals surface area contributed by atoms with Crippen LogP contribution in [-0.2, 0) is 10.1 Å². The van der Waals surface area contributed by atoms with E-state index in [9.17, 15) is 13.5 Å². The van der Waals surface area contributed by atoms with E-state index in [4.69, 9.17) is 9.66 Å². The van der Waals surface area contributed by atoms with E-state index < -0.39 is 22.1 Å². The van der Waals surface area contributed by atoms with Crippen molar-refractivity contribution in [3.05, 3.63) is 0 Å². The van der Waals surface area contributed by atoms with Gasteiger partial charge in [-0.1, -0.05) is 6.92 Å². The van der Waals surface area contributed by atoms with Crippen LogP contribution in [0.3, 0.4) is 0 Å². The van der Waals surface area contributed by atoms with Gasteiger partial charge in [-0.05, 0) is 18.1 Å². The zero-order valence-electron chi connectivity index (χ0n) is 9.78. The van der Waals surface area contributed by atoms with E-state index in [1.165, 1.54) is 0 Å². The van der Waals surface area contributed by atoms with Gasteiger partial charge in [0.2, 0.25) is 0 Å². The predicted octanol–water partition coefficient (Wildman–Crippen LogP) is -0.511. The number of hydrogen-bond acceptors (Lipinski definition) is 6. The molecule has 0 rings (SSSR count). The Balaban J connectivity index is 4.01. The third-order valence-corrected chi connectivity index (χ3v) is 3.67. The zero-order valence-corrected chi connectivity index (χ0v) is 11.5. The standard InChI is InChI=1S/C9H21NO5S2/c1-7(6-16)4-8(5-11)10-9(12)2-3-17(13,14)15/h7-12,16H,2-6H2,1H3,(H,13,14,15). The molecule has 3 unspecified atom stereocenters. The van der Waals surface area contributed by atoms with Crippen molar-refractivity contribution in [2.24, 2.45) is 5.92 Å². The Morgan fingerprint density at radius 3 is 2.41 bits per heavy atom. The minimum absolute atomic E-state index is 0.120. The SMILES string of the molecule is CC(CS)CC(CO)NC(O)CCS(=O)(=O)O. The fraction of sp³-hybridized carbons (Fsp3) is 1.00. The van der Waals surface area contributed by atoms with Gasteiger partial charge < -0.3 is 10.2 Å². The molecule has 8 heteroatoms. The van der Waals surface area contributed by atoms with Crippen LogP contribution in [0.15, 0.2) is 0 Å². The molecule has 6 nitrogen and oxygen atoms in total. The van der Waals surface area contributed by atoms with Gasteiger partial charge in [0.1, 0.15) is 6.23 Å². The number of aliphatic hydroxyl groups excluding tert-OH is 2. The smallest absolute Gasteiger partial charge is 0.265 e. The average Bonchev–Trinajstić information content (AvgIpc) is 2.24. The van der Waals surface area contributed by atoms with Gasteiger partial charge in [0.15, 0.2) is 0 Å². The van der Waals surface area contributed by atoms with Crippen molar-refractivity contribution in [2.75, 3.05) is 18.1 Å². The first-order chi connectivity index (χ1) is 7.78. The third kappa shape index (κ3) is 9.81. The van der Waals surface area contributed by atoms with Crippen LogP contribution in [-0.4, -0.2) is 53.6 Å². The first kappa shape index (κ1) is 17.1. The van der Waals surface area contributed by atoms with Crippen molar-refractivity contribution < 1.29 is 23.2 Å². The molecule has 17 heavy (non-hydrogen) atoms. The lowest BCUT2D eigenvalue weighted by molar-refractivity contribution is 0.0947. The summed E-state index contributed by atoms with van der Waals surface area (Å²) in [6, 6.07) is -0.312. The van der Waals surface area contributed by atoms with Crippen molar-refractivity contribution in [3.8, 4) is 0 Å². The molecule has 0 aliphatic rings. The van der Waals surface area contributed by atoms with E-state index in [-0.39, 0.29) is 25.0 Å². The molecule has 104 valence electrons. The summed E-state index contributed by atoms with van der Waals surface area (Å²) >= 11 is 4.11. The van der Waals surface area contributed by atoms with Gasteiger partial charge in [-0.15, -0.1) is 0 Å². The summed E-state index contributed by atoms with van der Waals surface area (Å²) in [4.78, 5) is 0. The number of nitrogens with one attached hydrogen (secondary N) is 1. The Morgan fingerprint density at radius 2 is 2.00 bits per heavy atom. The van der Waals surface area contributed by atoms with Crippen LogP contribution in [0.5, 0.6) is 0 Å². The van der Waals surface area contributed by atoms with Crippen molar-refractivity contribution in [1.82, 2.24) is 5.32 Å². The molecule has 4 N–H and O–H groups in total. The highest BCUT2D eigenvalue weighted by atomic mass is 32.2. The largest absolute Gasteiger partial charge is 0.395 e. The molecule has 0 saturated heterocycles. The highest BCUT2D eigenvalue weighted by molar-refractivity contribution is 7.85. The third-order valence-electron chi connectivity index (χ3n) is 2.30. The van der Waals surface area contributed by atoms with E-state index in [0.29, 0.717) is 12.2 Å². The number of thiol groups is 1. The zero-order chi connectivity index (χ0) is 13.5. The number of aliphatic hydroxyl groups is 2. The first-order valence-corrected chi connectivity index (χ1v) is 7.63. The van der Waals surface area contributed by atoms with Crippen molar-refractivity contribution in [1.29, 1.82) is 0 Å². The van der Waals surface area contributed by atoms with Gasteiger partial charge in [-0.25, -0.2) is 0 Å². The van der Waals surface area contributed by atoms with E-state index in [0.717, 1.165) is 0 Å². The van der Waals surface area contributed by atoms with Crippen LogP contribution in [0.2, 0.25) is 0 Å². The normalized spacial score (nSPS) is 17.7. The minimum atomic E-state index is -4.06. The molecule has 0 saturated carbocycles. The second-order valence-corrected chi connectivity index (χ2v) is 6.10. The van der Waals surface area contributed by atoms with Crippen LogP contribution < -0.4 is 5.32 Å². The van der Waals surface area contributed by atoms with Gasteiger partial charge in [0, 0.05) is 12.5 Å². The maximum Gasteiger partial charge on any atom is 0.265 e. The van der Waals surface area contributed by atoms with Gasteiger partial charge in [0.05, 0.1) is 12.4 Å². The molecule has 0 radical (unpaired) electrons. The molecule has 0 aliphatic carbocycles. The maximum atomic E-state index is 10.5. The molecular formula is C9H21NO5S2. The Bertz CT molecular complexity index is 296. The summed E-state index contributed by atoms with van der Waals surface area (Å²) < 4.78 is 29.5. The van der Waals surface area contributed by atoms with Crippen LogP contribution in [0.25, 0.3) is 0 Å². The molecule has 0 bridgehead atoms. The maximum absolute atomic E-state index is 10.5. The summed E-state index contributed by atoms with van der Waals surface area (Å²) in [5, 5.41) is 21.3. The Labute approximate surface area is 108 Å². The molecule has 0 heterocycles. The summed E-state index contributed by atoms with van der Waals surface area (Å²) in [6.45, 7) is 1.81. The average molecular weight is 287 g/mol. The summed E-state index contributed by atoms with van der Waals surface area (Å²) in [5.74, 6) is 0.428. The van der Waals surface area contributed by atoms with Crippen LogP contribution >= 0.6 is 12.6 Å². The Hall–Kier alpha value is 0.140. The topological polar surface area (TPSA) is 107 Å². The lowest BCUT2D eigenvalue weighted by Gasteiger charge is -2.22. The second-order valence-electron chi connectivity index (χ2n) is 4.16. The molecule has 0 fully saturated rings. The first-order valence-electron chi connectivity index (χ1n) is 5.39. The van der Waals surface area contributed by atoms with E-state index >= 15 is 0 Å². The minimum Gasteiger partial charge on any atom is -0.395 e. The molecule has 0 aromatic heterocycles. The fourth-order valence-electron chi connectivity index (χ4n) is 1.37. The van der Waals surface area contributed by atoms with Crippen LogP contribution in [0.1, 0.15) is 19.8 Å².